The lowest BCUT2D eigenvalue weighted by atomic mass is 9.84. The molecule has 0 N–H and O–H groups in total. The predicted octanol–water partition coefficient (Wildman–Crippen LogP) is 12.6. The summed E-state index contributed by atoms with van der Waals surface area (Å²) in [5.41, 5.74) is 5.89. The number of hydrogen-bond donors (Lipinski definition) is 0. The van der Waals surface area contributed by atoms with Gasteiger partial charge in [0.15, 0.2) is 0 Å². The molecule has 0 unspecified atom stereocenters. The van der Waals surface area contributed by atoms with Crippen LogP contribution in [0.2, 0.25) is 0 Å². The molecule has 9 aromatic rings. The molecule has 0 radical (unpaired) electrons. The first-order valence-electron chi connectivity index (χ1n) is 19.6. The van der Waals surface area contributed by atoms with Gasteiger partial charge in [-0.3, -0.25) is 0 Å². The topological polar surface area (TPSA) is 13.1 Å². The molecule has 0 atom stereocenters. The average Bonchev–Trinajstić information content (AvgIpc) is 3.58. The number of hydrogen-bond acceptors (Lipinski definition) is 1. The fraction of sp³-hybridized carbons (Fsp3) is 0. The van der Waals surface area contributed by atoms with Crippen LogP contribution in [-0.2, 0) is 0 Å². The molecule has 0 saturated heterocycles. The lowest BCUT2D eigenvalue weighted by Gasteiger charge is -2.19. The standard InChI is InChI=1S/C44H28O/c1-3-12-29(13-4-1)31-16-11-17-33(26-31)44-37-20-8-7-19-36(37)43(38-24-22-32(27-40(38)44)30-14-5-2-6-15-30)34-23-25-42-39(28-34)35-18-9-10-21-41(35)45-42/h1-28H/i1D,2D,3D,4D,5D,6D,12D,13D,14D,15D. The quantitative estimate of drug-likeness (QED) is 0.188. The fourth-order valence-electron chi connectivity index (χ4n) is 6.46. The van der Waals surface area contributed by atoms with Crippen molar-refractivity contribution in [3.63, 3.8) is 0 Å². The van der Waals surface area contributed by atoms with Gasteiger partial charge in [0, 0.05) is 10.8 Å². The maximum atomic E-state index is 8.79. The van der Waals surface area contributed by atoms with Gasteiger partial charge in [0.1, 0.15) is 11.2 Å². The molecule has 0 aliphatic rings. The van der Waals surface area contributed by atoms with Crippen LogP contribution < -0.4 is 0 Å². The van der Waals surface area contributed by atoms with Gasteiger partial charge in [-0.05, 0) is 96.4 Å². The van der Waals surface area contributed by atoms with Crippen LogP contribution in [0.4, 0.5) is 0 Å². The van der Waals surface area contributed by atoms with Crippen LogP contribution in [0.3, 0.4) is 0 Å². The molecule has 8 aromatic carbocycles. The summed E-state index contributed by atoms with van der Waals surface area (Å²) in [5, 5.41) is 5.30. The molecular weight excluding hydrogens is 544 g/mol. The number of benzene rings is 8. The molecule has 0 aliphatic heterocycles. The second-order valence-electron chi connectivity index (χ2n) is 10.9. The van der Waals surface area contributed by atoms with E-state index in [9.17, 15) is 0 Å². The predicted molar refractivity (Wildman–Crippen MR) is 190 cm³/mol. The van der Waals surface area contributed by atoms with Gasteiger partial charge in [-0.1, -0.05) is 139 Å². The van der Waals surface area contributed by atoms with Crippen molar-refractivity contribution in [3.8, 4) is 44.5 Å². The van der Waals surface area contributed by atoms with Crippen molar-refractivity contribution in [1.29, 1.82) is 0 Å². The van der Waals surface area contributed by atoms with Gasteiger partial charge < -0.3 is 4.42 Å². The van der Waals surface area contributed by atoms with Crippen LogP contribution in [-0.4, -0.2) is 0 Å². The lowest BCUT2D eigenvalue weighted by Crippen LogP contribution is -1.92. The minimum atomic E-state index is -0.472. The zero-order chi connectivity index (χ0) is 38.4. The van der Waals surface area contributed by atoms with Gasteiger partial charge in [0.25, 0.3) is 0 Å². The molecule has 0 saturated carbocycles. The van der Waals surface area contributed by atoms with Crippen LogP contribution in [0.25, 0.3) is 88.0 Å². The van der Waals surface area contributed by atoms with E-state index in [4.69, 9.17) is 18.1 Å². The molecule has 45 heavy (non-hydrogen) atoms. The summed E-state index contributed by atoms with van der Waals surface area (Å²) in [5.74, 6) is 0. The van der Waals surface area contributed by atoms with Gasteiger partial charge in [0.05, 0.1) is 13.7 Å². The molecule has 0 fully saturated rings. The largest absolute Gasteiger partial charge is 0.456 e. The van der Waals surface area contributed by atoms with Crippen molar-refractivity contribution in [1.82, 2.24) is 0 Å². The Labute approximate surface area is 275 Å². The molecule has 1 heteroatoms. The van der Waals surface area contributed by atoms with Crippen LogP contribution in [0, 0.1) is 0 Å². The lowest BCUT2D eigenvalue weighted by molar-refractivity contribution is 0.669. The third-order valence-electron chi connectivity index (χ3n) is 8.42. The van der Waals surface area contributed by atoms with Gasteiger partial charge >= 0.3 is 0 Å². The Morgan fingerprint density at radius 2 is 0.844 bits per heavy atom. The second-order valence-corrected chi connectivity index (χ2v) is 10.9. The van der Waals surface area contributed by atoms with Crippen LogP contribution >= 0.6 is 0 Å². The second kappa shape index (κ2) is 10.4. The third kappa shape index (κ3) is 4.24. The molecular formula is C44H28O. The highest BCUT2D eigenvalue weighted by molar-refractivity contribution is 6.22. The minimum Gasteiger partial charge on any atom is -0.456 e. The molecule has 0 aliphatic carbocycles. The first-order chi connectivity index (χ1) is 26.5. The number of fused-ring (bicyclic) bond motifs is 5. The van der Waals surface area contributed by atoms with E-state index >= 15 is 0 Å². The molecule has 0 bridgehead atoms. The average molecular weight is 583 g/mol. The summed E-state index contributed by atoms with van der Waals surface area (Å²) in [4.78, 5) is 0. The maximum Gasteiger partial charge on any atom is 0.135 e. The zero-order valence-electron chi connectivity index (χ0n) is 33.8. The van der Waals surface area contributed by atoms with E-state index < -0.39 is 36.3 Å². The van der Waals surface area contributed by atoms with Crippen LogP contribution in [0.15, 0.2) is 174 Å². The Morgan fingerprint density at radius 3 is 1.58 bits per heavy atom. The number of para-hydroxylation sites is 1. The maximum absolute atomic E-state index is 8.79. The first kappa shape index (κ1) is 17.4. The number of rotatable bonds is 4. The Hall–Kier alpha value is -5.92. The summed E-state index contributed by atoms with van der Waals surface area (Å²) in [6.07, 6.45) is 0. The normalized spacial score (nSPS) is 14.7. The summed E-state index contributed by atoms with van der Waals surface area (Å²) in [7, 11) is 0. The van der Waals surface area contributed by atoms with Crippen molar-refractivity contribution >= 4 is 43.5 Å². The summed E-state index contributed by atoms with van der Waals surface area (Å²) < 4.78 is 90.8. The summed E-state index contributed by atoms with van der Waals surface area (Å²) >= 11 is 0. The van der Waals surface area contributed by atoms with E-state index in [1.54, 1.807) is 18.2 Å². The summed E-state index contributed by atoms with van der Waals surface area (Å²) in [6.45, 7) is 0. The third-order valence-corrected chi connectivity index (χ3v) is 8.42. The Balaban J connectivity index is 1.40. The zero-order valence-corrected chi connectivity index (χ0v) is 23.8. The van der Waals surface area contributed by atoms with E-state index in [0.717, 1.165) is 60.2 Å². The van der Waals surface area contributed by atoms with Gasteiger partial charge in [0.2, 0.25) is 0 Å². The SMILES string of the molecule is [2H]c1c([2H])c([2H])c(-c2cccc(-c3c4ccccc4c(-c4ccc5oc6ccccc6c5c4)c4ccc(-c5c([2H])c([2H])c([2H])c([2H])c5[2H])cc34)c2)c([2H])c1[2H]. The summed E-state index contributed by atoms with van der Waals surface area (Å²) in [6, 6.07) is 30.9. The molecule has 9 rings (SSSR count). The Kier molecular flexibility index (Phi) is 4.01. The fourth-order valence-corrected chi connectivity index (χ4v) is 6.46. The van der Waals surface area contributed by atoms with Crippen molar-refractivity contribution in [2.75, 3.05) is 0 Å². The molecule has 1 aromatic heterocycles. The highest BCUT2D eigenvalue weighted by atomic mass is 16.3. The molecule has 1 nitrogen and oxygen atoms in total. The highest BCUT2D eigenvalue weighted by Crippen LogP contribution is 2.46. The van der Waals surface area contributed by atoms with E-state index in [2.05, 4.69) is 6.07 Å². The van der Waals surface area contributed by atoms with Crippen molar-refractivity contribution < 1.29 is 18.1 Å². The van der Waals surface area contributed by atoms with Gasteiger partial charge in [-0.2, -0.15) is 0 Å². The van der Waals surface area contributed by atoms with Crippen molar-refractivity contribution in [2.45, 2.75) is 0 Å². The van der Waals surface area contributed by atoms with Gasteiger partial charge in [-0.25, -0.2) is 0 Å². The van der Waals surface area contributed by atoms with E-state index in [1.165, 1.54) is 0 Å². The Morgan fingerprint density at radius 1 is 0.333 bits per heavy atom. The first-order valence-corrected chi connectivity index (χ1v) is 14.6. The van der Waals surface area contributed by atoms with Crippen molar-refractivity contribution in [3.05, 3.63) is 170 Å². The molecule has 1 heterocycles. The molecule has 0 spiro atoms. The number of furan rings is 1. The highest BCUT2D eigenvalue weighted by Gasteiger charge is 2.19. The van der Waals surface area contributed by atoms with E-state index in [1.807, 2.05) is 84.9 Å². The van der Waals surface area contributed by atoms with E-state index in [0.29, 0.717) is 16.7 Å². The Bertz CT molecular complexity index is 3050. The smallest absolute Gasteiger partial charge is 0.135 e. The minimum absolute atomic E-state index is 0.0766. The molecule has 210 valence electrons. The molecule has 0 amide bonds. The van der Waals surface area contributed by atoms with Gasteiger partial charge in [-0.15, -0.1) is 0 Å². The monoisotopic (exact) mass is 582 g/mol. The van der Waals surface area contributed by atoms with E-state index in [-0.39, 0.29) is 35.3 Å². The van der Waals surface area contributed by atoms with Crippen molar-refractivity contribution in [2.24, 2.45) is 0 Å². The van der Waals surface area contributed by atoms with Crippen LogP contribution in [0.1, 0.15) is 13.7 Å². The van der Waals surface area contributed by atoms with Crippen LogP contribution in [0.5, 0.6) is 0 Å².